The van der Waals surface area contributed by atoms with E-state index in [2.05, 4.69) is 0 Å². The van der Waals surface area contributed by atoms with Crippen molar-refractivity contribution in [1.82, 2.24) is 0 Å². The second-order valence-corrected chi connectivity index (χ2v) is 1.95. The molecule has 0 unspecified atom stereocenters. The number of hydrogen-bond acceptors (Lipinski definition) is 2. The number of benzene rings is 1. The Kier molecular flexibility index (Phi) is 8.28. The molecule has 4 heteroatoms. The van der Waals surface area contributed by atoms with Gasteiger partial charge in [0.25, 0.3) is 0 Å². The van der Waals surface area contributed by atoms with Gasteiger partial charge >= 0.3 is 59.1 Å². The molecule has 1 rings (SSSR count). The maximum Gasteiger partial charge on any atom is 1.00 e. The minimum absolute atomic E-state index is 0. The van der Waals surface area contributed by atoms with Crippen molar-refractivity contribution in [1.29, 1.82) is 0 Å². The van der Waals surface area contributed by atoms with Crippen molar-refractivity contribution in [2.24, 2.45) is 0 Å². The van der Waals surface area contributed by atoms with Gasteiger partial charge in [-0.15, -0.1) is 11.5 Å². The third kappa shape index (κ3) is 4.41. The Morgan fingerprint density at radius 2 is 1.55 bits per heavy atom. The molecule has 0 aliphatic rings. The van der Waals surface area contributed by atoms with Crippen molar-refractivity contribution in [3.8, 4) is 11.5 Å². The van der Waals surface area contributed by atoms with Gasteiger partial charge in [0.05, 0.1) is 0 Å². The monoisotopic (exact) mass is 168 g/mol. The summed E-state index contributed by atoms with van der Waals surface area (Å²) in [5, 5.41) is 21.0. The molecule has 0 bridgehead atoms. The Balaban J connectivity index is 0. The van der Waals surface area contributed by atoms with E-state index in [1.54, 1.807) is 13.0 Å². The summed E-state index contributed by atoms with van der Waals surface area (Å²) >= 11 is 0. The fraction of sp³-hybridized carbons (Fsp3) is 0.143. The Bertz CT molecular complexity index is 226. The first-order chi connectivity index (χ1) is 4.20. The van der Waals surface area contributed by atoms with E-state index in [4.69, 9.17) is 0 Å². The smallest absolute Gasteiger partial charge is 0.873 e. The Morgan fingerprint density at radius 1 is 1.00 bits per heavy atom. The van der Waals surface area contributed by atoms with Crippen molar-refractivity contribution in [3.63, 3.8) is 0 Å². The van der Waals surface area contributed by atoms with Crippen LogP contribution in [0.3, 0.4) is 0 Å². The minimum Gasteiger partial charge on any atom is -0.873 e. The van der Waals surface area contributed by atoms with Gasteiger partial charge in [0.1, 0.15) is 0 Å². The van der Waals surface area contributed by atoms with E-state index in [1.807, 2.05) is 0 Å². The average Bonchev–Trinajstić information content (AvgIpc) is 1.80. The molecule has 0 aromatic heterocycles. The van der Waals surface area contributed by atoms with Crippen molar-refractivity contribution >= 4 is 0 Å². The zero-order valence-corrected chi connectivity index (χ0v) is 11.0. The van der Waals surface area contributed by atoms with Crippen LogP contribution in [0.2, 0.25) is 0 Å². The van der Waals surface area contributed by atoms with Gasteiger partial charge in [0.15, 0.2) is 0 Å². The second kappa shape index (κ2) is 6.35. The maximum atomic E-state index is 10.5. The average molecular weight is 168 g/mol. The van der Waals surface area contributed by atoms with E-state index in [0.717, 1.165) is 5.56 Å². The van der Waals surface area contributed by atoms with Gasteiger partial charge in [0, 0.05) is 0 Å². The Morgan fingerprint density at radius 3 is 1.91 bits per heavy atom. The zero-order valence-electron chi connectivity index (χ0n) is 7.05. The van der Waals surface area contributed by atoms with E-state index in [1.165, 1.54) is 12.1 Å². The molecule has 0 spiro atoms. The van der Waals surface area contributed by atoms with E-state index in [-0.39, 0.29) is 59.1 Å². The molecule has 0 aliphatic heterocycles. The largest absolute Gasteiger partial charge is 1.00 e. The molecule has 0 amide bonds. The molecule has 0 atom stereocenters. The maximum absolute atomic E-state index is 10.5. The van der Waals surface area contributed by atoms with Crippen molar-refractivity contribution in [2.75, 3.05) is 0 Å². The van der Waals surface area contributed by atoms with Gasteiger partial charge in [-0.05, 0) is 6.92 Å². The molecule has 0 saturated heterocycles. The SMILES string of the molecule is Cc1ccc([O-])c([O-])c1.[Na+].[Na+]. The third-order valence-corrected chi connectivity index (χ3v) is 1.10. The normalized spacial score (nSPS) is 7.73. The van der Waals surface area contributed by atoms with Crippen LogP contribution in [0.15, 0.2) is 18.2 Å². The minimum atomic E-state index is -0.430. The van der Waals surface area contributed by atoms with Gasteiger partial charge in [-0.3, -0.25) is 0 Å². The standard InChI is InChI=1S/C7H8O2.2Na/c1-5-2-3-6(8)7(9)4-5;;/h2-4,8-9H,1H3;;/q;2*+1/p-2. The predicted octanol–water partition coefficient (Wildman–Crippen LogP) is -5.85. The molecule has 0 heterocycles. The number of aryl methyl sites for hydroxylation is 1. The van der Waals surface area contributed by atoms with Crippen molar-refractivity contribution in [3.05, 3.63) is 23.8 Å². The van der Waals surface area contributed by atoms with E-state index in [9.17, 15) is 10.2 Å². The van der Waals surface area contributed by atoms with Gasteiger partial charge in [-0.1, -0.05) is 23.8 Å². The van der Waals surface area contributed by atoms with Crippen LogP contribution in [-0.2, 0) is 0 Å². The van der Waals surface area contributed by atoms with Crippen molar-refractivity contribution in [2.45, 2.75) is 6.92 Å². The van der Waals surface area contributed by atoms with E-state index in [0.29, 0.717) is 0 Å². The summed E-state index contributed by atoms with van der Waals surface area (Å²) in [6.07, 6.45) is 0. The molecule has 0 N–H and O–H groups in total. The predicted molar refractivity (Wildman–Crippen MR) is 30.1 cm³/mol. The topological polar surface area (TPSA) is 46.1 Å². The number of rotatable bonds is 0. The fourth-order valence-corrected chi connectivity index (χ4v) is 0.615. The summed E-state index contributed by atoms with van der Waals surface area (Å²) in [5.41, 5.74) is 0.833. The van der Waals surface area contributed by atoms with Gasteiger partial charge in [-0.2, -0.15) is 0 Å². The van der Waals surface area contributed by atoms with Crippen LogP contribution in [0.1, 0.15) is 5.56 Å². The summed E-state index contributed by atoms with van der Waals surface area (Å²) in [7, 11) is 0. The zero-order chi connectivity index (χ0) is 6.85. The molecule has 0 aliphatic carbocycles. The Hall–Kier alpha value is 0.820. The first-order valence-electron chi connectivity index (χ1n) is 2.65. The third-order valence-electron chi connectivity index (χ3n) is 1.10. The molecule has 1 aromatic rings. The first-order valence-corrected chi connectivity index (χ1v) is 2.65. The van der Waals surface area contributed by atoms with E-state index < -0.39 is 11.5 Å². The summed E-state index contributed by atoms with van der Waals surface area (Å²) in [4.78, 5) is 0. The van der Waals surface area contributed by atoms with Crippen LogP contribution in [0.5, 0.6) is 11.5 Å². The molecule has 0 saturated carbocycles. The molecule has 11 heavy (non-hydrogen) atoms. The summed E-state index contributed by atoms with van der Waals surface area (Å²) in [5.74, 6) is -0.851. The Labute approximate surface area is 110 Å². The van der Waals surface area contributed by atoms with Gasteiger partial charge < -0.3 is 10.2 Å². The molecule has 48 valence electrons. The molecule has 0 radical (unpaired) electrons. The molecule has 0 fully saturated rings. The van der Waals surface area contributed by atoms with Crippen LogP contribution in [0.25, 0.3) is 0 Å². The fourth-order valence-electron chi connectivity index (χ4n) is 0.615. The van der Waals surface area contributed by atoms with Gasteiger partial charge in [0.2, 0.25) is 0 Å². The molecule has 2 nitrogen and oxygen atoms in total. The van der Waals surface area contributed by atoms with Crippen LogP contribution in [-0.4, -0.2) is 0 Å². The molecule has 1 aromatic carbocycles. The number of hydrogen-bond donors (Lipinski definition) is 0. The van der Waals surface area contributed by atoms with Crippen LogP contribution in [0, 0.1) is 6.92 Å². The van der Waals surface area contributed by atoms with Crippen LogP contribution >= 0.6 is 0 Å². The summed E-state index contributed by atoms with van der Waals surface area (Å²) < 4.78 is 0. The molecular formula is C7H6Na2O2. The van der Waals surface area contributed by atoms with Crippen LogP contribution < -0.4 is 69.3 Å². The van der Waals surface area contributed by atoms with E-state index >= 15 is 0 Å². The first kappa shape index (κ1) is 14.3. The second-order valence-electron chi connectivity index (χ2n) is 1.95. The van der Waals surface area contributed by atoms with Crippen LogP contribution in [0.4, 0.5) is 0 Å². The molecular weight excluding hydrogens is 162 g/mol. The van der Waals surface area contributed by atoms with Gasteiger partial charge in [-0.25, -0.2) is 0 Å². The quantitative estimate of drug-likeness (QED) is 0.362. The van der Waals surface area contributed by atoms with Crippen molar-refractivity contribution < 1.29 is 69.3 Å². The summed E-state index contributed by atoms with van der Waals surface area (Å²) in [6.45, 7) is 1.78. The summed E-state index contributed by atoms with van der Waals surface area (Å²) in [6, 6.07) is 4.25.